The van der Waals surface area contributed by atoms with Gasteiger partial charge in [0.1, 0.15) is 22.3 Å². The Balaban J connectivity index is 1.82. The molecule has 0 N–H and O–H groups in total. The van der Waals surface area contributed by atoms with Crippen molar-refractivity contribution in [3.63, 3.8) is 0 Å². The molecule has 0 aliphatic carbocycles. The summed E-state index contributed by atoms with van der Waals surface area (Å²) < 4.78 is 10.7. The van der Waals surface area contributed by atoms with Gasteiger partial charge >= 0.3 is 11.3 Å². The molecular formula is C23H20N2O5. The first-order valence-electron chi connectivity index (χ1n) is 9.30. The smallest absolute Gasteiger partial charge is 0.347 e. The van der Waals surface area contributed by atoms with Crippen LogP contribution < -0.4 is 21.1 Å². The molecule has 4 rings (SSSR count). The fourth-order valence-electron chi connectivity index (χ4n) is 3.22. The Hall–Kier alpha value is -3.87. The number of hydrogen-bond donors (Lipinski definition) is 0. The van der Waals surface area contributed by atoms with Gasteiger partial charge in [-0.05, 0) is 36.4 Å². The van der Waals surface area contributed by atoms with E-state index in [1.165, 1.54) is 12.1 Å². The second kappa shape index (κ2) is 7.18. The summed E-state index contributed by atoms with van der Waals surface area (Å²) in [6.07, 6.45) is 0. The normalized spacial score (nSPS) is 11.1. The van der Waals surface area contributed by atoms with Crippen LogP contribution in [0.4, 0.5) is 11.4 Å². The number of nitrogens with zero attached hydrogens (tertiary/aromatic N) is 2. The van der Waals surface area contributed by atoms with E-state index in [4.69, 9.17) is 8.83 Å². The van der Waals surface area contributed by atoms with Crippen LogP contribution in [0.2, 0.25) is 0 Å². The van der Waals surface area contributed by atoms with Gasteiger partial charge in [-0.1, -0.05) is 0 Å². The number of anilines is 2. The van der Waals surface area contributed by atoms with E-state index in [0.29, 0.717) is 21.9 Å². The lowest BCUT2D eigenvalue weighted by molar-refractivity contribution is 0.103. The molecular weight excluding hydrogens is 384 g/mol. The molecule has 0 atom stereocenters. The van der Waals surface area contributed by atoms with Crippen molar-refractivity contribution in [2.45, 2.75) is 0 Å². The van der Waals surface area contributed by atoms with Crippen LogP contribution in [-0.2, 0) is 0 Å². The van der Waals surface area contributed by atoms with Crippen LogP contribution in [0.25, 0.3) is 21.9 Å². The van der Waals surface area contributed by atoms with Gasteiger partial charge in [-0.25, -0.2) is 9.59 Å². The SMILES string of the molecule is CN(C)c1ccc2cc(C(=O)c3cc4ccc(N(C)C)cc4oc3=O)c(=O)oc2c1. The molecule has 4 aromatic rings. The van der Waals surface area contributed by atoms with E-state index in [1.54, 1.807) is 24.3 Å². The third-order valence-electron chi connectivity index (χ3n) is 4.96. The van der Waals surface area contributed by atoms with E-state index in [2.05, 4.69) is 0 Å². The van der Waals surface area contributed by atoms with Crippen LogP contribution >= 0.6 is 0 Å². The second-order valence-electron chi connectivity index (χ2n) is 7.46. The van der Waals surface area contributed by atoms with E-state index < -0.39 is 17.0 Å². The Morgan fingerprint density at radius 3 is 1.43 bits per heavy atom. The molecule has 0 amide bonds. The number of hydrogen-bond acceptors (Lipinski definition) is 7. The van der Waals surface area contributed by atoms with Crippen LogP contribution in [0.5, 0.6) is 0 Å². The average molecular weight is 404 g/mol. The van der Waals surface area contributed by atoms with Gasteiger partial charge in [0, 0.05) is 62.5 Å². The molecule has 7 nitrogen and oxygen atoms in total. The summed E-state index contributed by atoms with van der Waals surface area (Å²) >= 11 is 0. The molecule has 0 aliphatic rings. The van der Waals surface area contributed by atoms with E-state index in [9.17, 15) is 14.4 Å². The number of carbonyl (C=O) groups excluding carboxylic acids is 1. The van der Waals surface area contributed by atoms with Gasteiger partial charge in [0.25, 0.3) is 0 Å². The topological polar surface area (TPSA) is 84.0 Å². The maximum absolute atomic E-state index is 13.0. The number of fused-ring (bicyclic) bond motifs is 2. The predicted octanol–water partition coefficient (Wildman–Crippen LogP) is 3.26. The van der Waals surface area contributed by atoms with Crippen molar-refractivity contribution in [1.82, 2.24) is 0 Å². The Bertz CT molecular complexity index is 1310. The maximum atomic E-state index is 13.0. The maximum Gasteiger partial charge on any atom is 0.347 e. The molecule has 152 valence electrons. The number of benzene rings is 2. The van der Waals surface area contributed by atoms with Crippen LogP contribution in [-0.4, -0.2) is 34.0 Å². The fraction of sp³-hybridized carbons (Fsp3) is 0.174. The van der Waals surface area contributed by atoms with Crippen molar-refractivity contribution in [1.29, 1.82) is 0 Å². The molecule has 7 heteroatoms. The molecule has 0 radical (unpaired) electrons. The molecule has 2 heterocycles. The summed E-state index contributed by atoms with van der Waals surface area (Å²) in [6.45, 7) is 0. The van der Waals surface area contributed by atoms with Crippen LogP contribution in [0.1, 0.15) is 15.9 Å². The van der Waals surface area contributed by atoms with Gasteiger partial charge in [-0.3, -0.25) is 4.79 Å². The summed E-state index contributed by atoms with van der Waals surface area (Å²) in [5.41, 5.74) is 0.424. The lowest BCUT2D eigenvalue weighted by Crippen LogP contribution is -2.21. The minimum absolute atomic E-state index is 0.211. The standard InChI is InChI=1S/C23H20N2O5/c1-24(2)15-7-5-13-9-17(22(27)29-19(13)11-15)21(26)18-10-14-6-8-16(25(3)4)12-20(14)30-23(18)28/h5-12H,1-4H3. The molecule has 0 bridgehead atoms. The number of ketones is 1. The highest BCUT2D eigenvalue weighted by atomic mass is 16.4. The molecule has 0 fully saturated rings. The van der Waals surface area contributed by atoms with Gasteiger partial charge in [-0.2, -0.15) is 0 Å². The Kier molecular flexibility index (Phi) is 4.66. The lowest BCUT2D eigenvalue weighted by atomic mass is 10.0. The number of carbonyl (C=O) groups is 1. The molecule has 30 heavy (non-hydrogen) atoms. The third-order valence-corrected chi connectivity index (χ3v) is 4.96. The number of rotatable bonds is 4. The van der Waals surface area contributed by atoms with E-state index in [0.717, 1.165) is 11.4 Å². The summed E-state index contributed by atoms with van der Waals surface area (Å²) in [6, 6.07) is 13.6. The highest BCUT2D eigenvalue weighted by Gasteiger charge is 2.21. The minimum Gasteiger partial charge on any atom is -0.422 e. The van der Waals surface area contributed by atoms with Crippen molar-refractivity contribution in [3.8, 4) is 0 Å². The highest BCUT2D eigenvalue weighted by Crippen LogP contribution is 2.23. The molecule has 2 aromatic carbocycles. The summed E-state index contributed by atoms with van der Waals surface area (Å²) in [5, 5.41) is 1.17. The van der Waals surface area contributed by atoms with E-state index in [-0.39, 0.29) is 11.1 Å². The van der Waals surface area contributed by atoms with Gasteiger partial charge in [-0.15, -0.1) is 0 Å². The zero-order chi connectivity index (χ0) is 21.6. The van der Waals surface area contributed by atoms with Crippen molar-refractivity contribution >= 4 is 39.1 Å². The molecule has 0 saturated heterocycles. The Labute approximate surface area is 171 Å². The second-order valence-corrected chi connectivity index (χ2v) is 7.46. The van der Waals surface area contributed by atoms with Crippen molar-refractivity contribution in [3.05, 3.63) is 80.5 Å². The first-order valence-corrected chi connectivity index (χ1v) is 9.30. The summed E-state index contributed by atoms with van der Waals surface area (Å²) in [4.78, 5) is 41.7. The van der Waals surface area contributed by atoms with Gasteiger partial charge < -0.3 is 18.6 Å². The summed E-state index contributed by atoms with van der Waals surface area (Å²) in [7, 11) is 7.49. The van der Waals surface area contributed by atoms with Crippen LogP contribution in [0, 0.1) is 0 Å². The quantitative estimate of drug-likeness (QED) is 0.381. The molecule has 0 saturated carbocycles. The summed E-state index contributed by atoms with van der Waals surface area (Å²) in [5.74, 6) is -0.727. The molecule has 0 unspecified atom stereocenters. The van der Waals surface area contributed by atoms with Gasteiger partial charge in [0.05, 0.1) is 0 Å². The van der Waals surface area contributed by atoms with Gasteiger partial charge in [0.2, 0.25) is 5.78 Å². The first-order chi connectivity index (χ1) is 14.2. The largest absolute Gasteiger partial charge is 0.422 e. The van der Waals surface area contributed by atoms with E-state index in [1.807, 2.05) is 50.1 Å². The predicted molar refractivity (Wildman–Crippen MR) is 117 cm³/mol. The zero-order valence-corrected chi connectivity index (χ0v) is 17.1. The van der Waals surface area contributed by atoms with Crippen molar-refractivity contribution in [2.75, 3.05) is 38.0 Å². The monoisotopic (exact) mass is 404 g/mol. The van der Waals surface area contributed by atoms with Gasteiger partial charge in [0.15, 0.2) is 0 Å². The lowest BCUT2D eigenvalue weighted by Gasteiger charge is -2.13. The van der Waals surface area contributed by atoms with E-state index >= 15 is 0 Å². The van der Waals surface area contributed by atoms with Crippen LogP contribution in [0.3, 0.4) is 0 Å². The molecule has 2 aromatic heterocycles. The van der Waals surface area contributed by atoms with Crippen LogP contribution in [0.15, 0.2) is 67.0 Å². The first kappa shape index (κ1) is 19.4. The Morgan fingerprint density at radius 1 is 0.667 bits per heavy atom. The highest BCUT2D eigenvalue weighted by molar-refractivity contribution is 6.10. The molecule has 0 spiro atoms. The van der Waals surface area contributed by atoms with Crippen molar-refractivity contribution in [2.24, 2.45) is 0 Å². The minimum atomic E-state index is -0.800. The molecule has 0 aliphatic heterocycles. The average Bonchev–Trinajstić information content (AvgIpc) is 2.71. The Morgan fingerprint density at radius 2 is 1.07 bits per heavy atom. The van der Waals surface area contributed by atoms with Crippen molar-refractivity contribution < 1.29 is 13.6 Å². The fourth-order valence-corrected chi connectivity index (χ4v) is 3.22. The zero-order valence-electron chi connectivity index (χ0n) is 17.1. The third kappa shape index (κ3) is 3.34.